The summed E-state index contributed by atoms with van der Waals surface area (Å²) in [6, 6.07) is 18.9. The minimum Gasteiger partial charge on any atom is -0.393 e. The van der Waals surface area contributed by atoms with Crippen LogP contribution in [0.3, 0.4) is 0 Å². The van der Waals surface area contributed by atoms with Crippen LogP contribution in [0.5, 0.6) is 0 Å². The van der Waals surface area contributed by atoms with Crippen LogP contribution in [0, 0.1) is 0 Å². The number of nitrogens with zero attached hydrogens (tertiary/aromatic N) is 5. The van der Waals surface area contributed by atoms with Gasteiger partial charge in [0.1, 0.15) is 5.82 Å². The summed E-state index contributed by atoms with van der Waals surface area (Å²) in [7, 11) is 0. The molecular weight excluding hydrogens is 456 g/mol. The highest BCUT2D eigenvalue weighted by Crippen LogP contribution is 2.43. The third kappa shape index (κ3) is 4.29. The van der Waals surface area contributed by atoms with Crippen LogP contribution >= 0.6 is 11.3 Å². The monoisotopic (exact) mass is 484 g/mol. The Bertz CT molecular complexity index is 1280. The van der Waals surface area contributed by atoms with Crippen LogP contribution in [-0.4, -0.2) is 52.3 Å². The zero-order valence-corrected chi connectivity index (χ0v) is 20.2. The summed E-state index contributed by atoms with van der Waals surface area (Å²) in [5.74, 6) is 0.925. The lowest BCUT2D eigenvalue weighted by atomic mass is 9.70. The highest BCUT2D eigenvalue weighted by molar-refractivity contribution is 7.19. The maximum Gasteiger partial charge on any atom is 0.186 e. The number of benzene rings is 2. The lowest BCUT2D eigenvalue weighted by molar-refractivity contribution is 0.0209. The van der Waals surface area contributed by atoms with Gasteiger partial charge in [0.25, 0.3) is 0 Å². The predicted molar refractivity (Wildman–Crippen MR) is 141 cm³/mol. The molecule has 6 rings (SSSR count). The van der Waals surface area contributed by atoms with Gasteiger partial charge in [0.05, 0.1) is 22.9 Å². The normalized spacial score (nSPS) is 22.2. The van der Waals surface area contributed by atoms with Crippen molar-refractivity contribution in [1.82, 2.24) is 15.0 Å². The quantitative estimate of drug-likeness (QED) is 0.444. The number of piperazine rings is 1. The Morgan fingerprint density at radius 1 is 0.886 bits per heavy atom. The van der Waals surface area contributed by atoms with Crippen molar-refractivity contribution >= 4 is 22.3 Å². The molecule has 1 aliphatic heterocycles. The largest absolute Gasteiger partial charge is 0.393 e. The Morgan fingerprint density at radius 3 is 2.26 bits per heavy atom. The average Bonchev–Trinajstić information content (AvgIpc) is 3.35. The summed E-state index contributed by atoms with van der Waals surface area (Å²) < 4.78 is 0. The Labute approximate surface area is 208 Å². The van der Waals surface area contributed by atoms with Crippen molar-refractivity contribution in [3.8, 4) is 21.7 Å². The number of aliphatic hydroxyl groups excluding tert-OH is 1. The first-order valence-corrected chi connectivity index (χ1v) is 12.8. The molecule has 2 aliphatic rings. The molecule has 3 heterocycles. The van der Waals surface area contributed by atoms with Crippen molar-refractivity contribution in [3.63, 3.8) is 0 Å². The standard InChI is InChI=1S/C27H28N6OS/c28-27(16-22(34)17-27)21-8-6-19(7-9-21)24-25(20-4-2-1-3-5-20)35-26(31-24)33-14-12-32(13-15-33)23-18-29-10-11-30-23/h1-11,18,22,34H,12-17,28H2. The summed E-state index contributed by atoms with van der Waals surface area (Å²) in [4.78, 5) is 19.6. The molecule has 0 radical (unpaired) electrons. The Hall–Kier alpha value is -3.33. The van der Waals surface area contributed by atoms with E-state index in [1.54, 1.807) is 23.7 Å². The van der Waals surface area contributed by atoms with E-state index in [2.05, 4.69) is 68.3 Å². The molecule has 35 heavy (non-hydrogen) atoms. The minimum absolute atomic E-state index is 0.292. The van der Waals surface area contributed by atoms with Crippen molar-refractivity contribution in [1.29, 1.82) is 0 Å². The fourth-order valence-electron chi connectivity index (χ4n) is 4.98. The van der Waals surface area contributed by atoms with Crippen molar-refractivity contribution in [2.24, 2.45) is 5.73 Å². The number of anilines is 2. The van der Waals surface area contributed by atoms with Crippen molar-refractivity contribution in [2.75, 3.05) is 36.0 Å². The molecule has 2 aromatic carbocycles. The number of nitrogens with two attached hydrogens (primary N) is 1. The van der Waals surface area contributed by atoms with E-state index in [1.165, 1.54) is 10.4 Å². The van der Waals surface area contributed by atoms with Crippen LogP contribution in [0.1, 0.15) is 18.4 Å². The number of hydrogen-bond donors (Lipinski definition) is 2. The molecule has 8 heteroatoms. The molecule has 2 aromatic heterocycles. The Kier molecular flexibility index (Phi) is 5.72. The molecular formula is C27H28N6OS. The summed E-state index contributed by atoms with van der Waals surface area (Å²) in [5, 5.41) is 10.8. The van der Waals surface area contributed by atoms with Crippen LogP contribution in [0.2, 0.25) is 0 Å². The highest BCUT2D eigenvalue weighted by Gasteiger charge is 2.41. The molecule has 0 amide bonds. The van der Waals surface area contributed by atoms with Gasteiger partial charge in [-0.05, 0) is 24.0 Å². The molecule has 1 saturated heterocycles. The summed E-state index contributed by atoms with van der Waals surface area (Å²) in [5.41, 5.74) is 10.4. The zero-order valence-electron chi connectivity index (χ0n) is 19.4. The lowest BCUT2D eigenvalue weighted by Gasteiger charge is -2.42. The molecule has 0 unspecified atom stereocenters. The van der Waals surface area contributed by atoms with E-state index in [0.29, 0.717) is 12.8 Å². The lowest BCUT2D eigenvalue weighted by Crippen LogP contribution is -2.51. The number of aromatic nitrogens is 3. The first-order valence-electron chi connectivity index (χ1n) is 12.0. The van der Waals surface area contributed by atoms with Gasteiger partial charge in [-0.1, -0.05) is 65.9 Å². The van der Waals surface area contributed by atoms with Crippen LogP contribution in [0.25, 0.3) is 21.7 Å². The fourth-order valence-corrected chi connectivity index (χ4v) is 6.13. The molecule has 4 aromatic rings. The van der Waals surface area contributed by atoms with E-state index >= 15 is 0 Å². The topological polar surface area (TPSA) is 91.4 Å². The first-order chi connectivity index (χ1) is 17.1. The second kappa shape index (κ2) is 9.03. The smallest absolute Gasteiger partial charge is 0.186 e. The van der Waals surface area contributed by atoms with Gasteiger partial charge in [-0.3, -0.25) is 4.98 Å². The molecule has 178 valence electrons. The van der Waals surface area contributed by atoms with Crippen LogP contribution in [0.15, 0.2) is 73.2 Å². The zero-order chi connectivity index (χ0) is 23.8. The second-order valence-electron chi connectivity index (χ2n) is 9.37. The molecule has 7 nitrogen and oxygen atoms in total. The second-order valence-corrected chi connectivity index (χ2v) is 10.4. The maximum atomic E-state index is 9.74. The van der Waals surface area contributed by atoms with Gasteiger partial charge >= 0.3 is 0 Å². The van der Waals surface area contributed by atoms with E-state index in [-0.39, 0.29) is 6.10 Å². The van der Waals surface area contributed by atoms with Crippen LogP contribution < -0.4 is 15.5 Å². The number of rotatable bonds is 5. The fraction of sp³-hybridized carbons (Fsp3) is 0.296. The van der Waals surface area contributed by atoms with Crippen molar-refractivity contribution < 1.29 is 5.11 Å². The van der Waals surface area contributed by atoms with Gasteiger partial charge in [0, 0.05) is 49.7 Å². The minimum atomic E-state index is -0.420. The molecule has 1 saturated carbocycles. The Morgan fingerprint density at radius 2 is 1.60 bits per heavy atom. The van der Waals surface area contributed by atoms with Crippen molar-refractivity contribution in [3.05, 3.63) is 78.8 Å². The molecule has 3 N–H and O–H groups in total. The molecule has 0 bridgehead atoms. The highest BCUT2D eigenvalue weighted by atomic mass is 32.1. The Balaban J connectivity index is 1.28. The van der Waals surface area contributed by atoms with Crippen LogP contribution in [-0.2, 0) is 5.54 Å². The van der Waals surface area contributed by atoms with Gasteiger partial charge in [-0.15, -0.1) is 0 Å². The van der Waals surface area contributed by atoms with Gasteiger partial charge < -0.3 is 20.6 Å². The van der Waals surface area contributed by atoms with Crippen molar-refractivity contribution in [2.45, 2.75) is 24.5 Å². The van der Waals surface area contributed by atoms with E-state index in [4.69, 9.17) is 10.7 Å². The molecule has 0 spiro atoms. The van der Waals surface area contributed by atoms with E-state index < -0.39 is 5.54 Å². The van der Waals surface area contributed by atoms with Gasteiger partial charge in [-0.2, -0.15) is 0 Å². The van der Waals surface area contributed by atoms with Gasteiger partial charge in [-0.25, -0.2) is 9.97 Å². The predicted octanol–water partition coefficient (Wildman–Crippen LogP) is 3.90. The average molecular weight is 485 g/mol. The van der Waals surface area contributed by atoms with Gasteiger partial charge in [0.15, 0.2) is 5.13 Å². The first kappa shape index (κ1) is 22.2. The third-order valence-electron chi connectivity index (χ3n) is 7.01. The molecule has 0 atom stereocenters. The molecule has 2 fully saturated rings. The number of hydrogen-bond acceptors (Lipinski definition) is 8. The van der Waals surface area contributed by atoms with E-state index in [1.807, 2.05) is 12.3 Å². The van der Waals surface area contributed by atoms with Crippen LogP contribution in [0.4, 0.5) is 10.9 Å². The summed E-state index contributed by atoms with van der Waals surface area (Å²) >= 11 is 1.75. The number of thiazole rings is 1. The third-order valence-corrected chi connectivity index (χ3v) is 8.17. The molecule has 1 aliphatic carbocycles. The SMILES string of the molecule is NC1(c2ccc(-c3nc(N4CCN(c5cnccn5)CC4)sc3-c3ccccc3)cc2)CC(O)C1. The number of aliphatic hydroxyl groups is 1. The van der Waals surface area contributed by atoms with E-state index in [0.717, 1.165) is 53.9 Å². The maximum absolute atomic E-state index is 9.74. The summed E-state index contributed by atoms with van der Waals surface area (Å²) in [6.45, 7) is 3.53. The van der Waals surface area contributed by atoms with Gasteiger partial charge in [0.2, 0.25) is 0 Å². The summed E-state index contributed by atoms with van der Waals surface area (Å²) in [6.07, 6.45) is 6.21. The van der Waals surface area contributed by atoms with E-state index in [9.17, 15) is 5.11 Å².